The number of para-hydroxylation sites is 1. The van der Waals surface area contributed by atoms with E-state index in [1.807, 2.05) is 12.1 Å². The van der Waals surface area contributed by atoms with Gasteiger partial charge in [0.25, 0.3) is 0 Å². The fourth-order valence-electron chi connectivity index (χ4n) is 1.83. The molecule has 2 aromatic rings. The average molecular weight is 327 g/mol. The first kappa shape index (κ1) is 13.3. The molecule has 0 radical (unpaired) electrons. The van der Waals surface area contributed by atoms with E-state index in [4.69, 9.17) is 11.6 Å². The molecule has 0 aliphatic carbocycles. The smallest absolute Gasteiger partial charge is 0.152 e. The lowest BCUT2D eigenvalue weighted by Crippen LogP contribution is -2.19. The highest BCUT2D eigenvalue weighted by Crippen LogP contribution is 2.34. The summed E-state index contributed by atoms with van der Waals surface area (Å²) in [6.07, 6.45) is 1.48. The van der Waals surface area contributed by atoms with Gasteiger partial charge in [-0.3, -0.25) is 0 Å². The van der Waals surface area contributed by atoms with Gasteiger partial charge in [0.05, 0.1) is 4.47 Å². The highest BCUT2D eigenvalue weighted by Gasteiger charge is 2.16. The second kappa shape index (κ2) is 5.67. The van der Waals surface area contributed by atoms with Gasteiger partial charge in [-0.05, 0) is 41.4 Å². The van der Waals surface area contributed by atoms with E-state index in [-0.39, 0.29) is 0 Å². The first-order chi connectivity index (χ1) is 8.65. The zero-order valence-electron chi connectivity index (χ0n) is 10.2. The lowest BCUT2D eigenvalue weighted by Gasteiger charge is -2.24. The molecule has 0 aliphatic rings. The molecule has 94 valence electrons. The summed E-state index contributed by atoms with van der Waals surface area (Å²) in [6, 6.07) is 8.19. The monoisotopic (exact) mass is 325 g/mol. The van der Waals surface area contributed by atoms with E-state index in [0.29, 0.717) is 5.15 Å². The van der Waals surface area contributed by atoms with Crippen LogP contribution in [-0.2, 0) is 0 Å². The van der Waals surface area contributed by atoms with Crippen LogP contribution in [0.5, 0.6) is 0 Å². The molecule has 1 aromatic heterocycles. The molecular weight excluding hydrogens is 314 g/mol. The van der Waals surface area contributed by atoms with Crippen molar-refractivity contribution in [2.75, 3.05) is 11.4 Å². The predicted molar refractivity (Wildman–Crippen MR) is 78.6 cm³/mol. The fourth-order valence-corrected chi connectivity index (χ4v) is 2.38. The molecule has 0 bridgehead atoms. The van der Waals surface area contributed by atoms with Crippen LogP contribution in [0.4, 0.5) is 11.5 Å². The van der Waals surface area contributed by atoms with E-state index in [0.717, 1.165) is 22.5 Å². The normalized spacial score (nSPS) is 10.4. The number of rotatable bonds is 3. The van der Waals surface area contributed by atoms with Crippen LogP contribution in [0.2, 0.25) is 5.15 Å². The van der Waals surface area contributed by atoms with Crippen molar-refractivity contribution < 1.29 is 0 Å². The van der Waals surface area contributed by atoms with Crippen LogP contribution in [0.15, 0.2) is 35.1 Å². The lowest BCUT2D eigenvalue weighted by molar-refractivity contribution is 0.963. The van der Waals surface area contributed by atoms with Crippen molar-refractivity contribution in [3.05, 3.63) is 45.8 Å². The first-order valence-corrected chi connectivity index (χ1v) is 6.81. The van der Waals surface area contributed by atoms with Gasteiger partial charge in [0.2, 0.25) is 0 Å². The molecule has 0 amide bonds. The molecule has 0 saturated heterocycles. The van der Waals surface area contributed by atoms with Crippen LogP contribution in [0.25, 0.3) is 0 Å². The van der Waals surface area contributed by atoms with Gasteiger partial charge in [-0.25, -0.2) is 9.97 Å². The Hall–Kier alpha value is -1.13. The minimum absolute atomic E-state index is 0.423. The number of aromatic nitrogens is 2. The van der Waals surface area contributed by atoms with Gasteiger partial charge in [-0.15, -0.1) is 0 Å². The largest absolute Gasteiger partial charge is 0.325 e. The third-order valence-corrected chi connectivity index (χ3v) is 3.95. The summed E-state index contributed by atoms with van der Waals surface area (Å²) < 4.78 is 0.719. The van der Waals surface area contributed by atoms with E-state index in [9.17, 15) is 0 Å². The summed E-state index contributed by atoms with van der Waals surface area (Å²) >= 11 is 9.46. The predicted octanol–water partition coefficient (Wildman–Crippen LogP) is 4.36. The SMILES string of the molecule is CCN(c1ccccc1C)c1ncnc(Cl)c1Br. The number of hydrogen-bond donors (Lipinski definition) is 0. The van der Waals surface area contributed by atoms with Gasteiger partial charge >= 0.3 is 0 Å². The van der Waals surface area contributed by atoms with Crippen molar-refractivity contribution in [2.24, 2.45) is 0 Å². The minimum atomic E-state index is 0.423. The van der Waals surface area contributed by atoms with Crippen molar-refractivity contribution in [3.63, 3.8) is 0 Å². The number of benzene rings is 1. The van der Waals surface area contributed by atoms with Crippen LogP contribution in [0.1, 0.15) is 12.5 Å². The van der Waals surface area contributed by atoms with Crippen LogP contribution in [-0.4, -0.2) is 16.5 Å². The Labute approximate surface area is 120 Å². The molecule has 0 aliphatic heterocycles. The summed E-state index contributed by atoms with van der Waals surface area (Å²) in [7, 11) is 0. The van der Waals surface area contributed by atoms with Gasteiger partial charge in [0, 0.05) is 12.2 Å². The van der Waals surface area contributed by atoms with Crippen molar-refractivity contribution >= 4 is 39.0 Å². The Morgan fingerprint density at radius 3 is 2.67 bits per heavy atom. The number of nitrogens with zero attached hydrogens (tertiary/aromatic N) is 3. The maximum Gasteiger partial charge on any atom is 0.152 e. The van der Waals surface area contributed by atoms with Crippen LogP contribution < -0.4 is 4.90 Å². The average Bonchev–Trinajstić information content (AvgIpc) is 2.37. The molecule has 0 spiro atoms. The second-order valence-corrected chi connectivity index (χ2v) is 4.98. The molecule has 5 heteroatoms. The number of anilines is 2. The maximum atomic E-state index is 6.02. The Morgan fingerprint density at radius 2 is 2.00 bits per heavy atom. The molecule has 0 unspecified atom stereocenters. The molecular formula is C13H13BrClN3. The number of halogens is 2. The molecule has 2 rings (SSSR count). The maximum absolute atomic E-state index is 6.02. The molecule has 1 heterocycles. The van der Waals surface area contributed by atoms with Gasteiger partial charge in [-0.1, -0.05) is 29.8 Å². The quantitative estimate of drug-likeness (QED) is 0.785. The number of hydrogen-bond acceptors (Lipinski definition) is 3. The van der Waals surface area contributed by atoms with Gasteiger partial charge < -0.3 is 4.90 Å². The third kappa shape index (κ3) is 2.49. The molecule has 0 fully saturated rings. The Bertz CT molecular complexity index is 560. The van der Waals surface area contributed by atoms with Crippen LogP contribution in [0.3, 0.4) is 0 Å². The van der Waals surface area contributed by atoms with Crippen LogP contribution >= 0.6 is 27.5 Å². The van der Waals surface area contributed by atoms with Crippen molar-refractivity contribution in [2.45, 2.75) is 13.8 Å². The van der Waals surface area contributed by atoms with Crippen LogP contribution in [0, 0.1) is 6.92 Å². The molecule has 0 saturated carbocycles. The zero-order chi connectivity index (χ0) is 13.1. The summed E-state index contributed by atoms with van der Waals surface area (Å²) in [5.41, 5.74) is 2.32. The van der Waals surface area contributed by atoms with E-state index in [1.54, 1.807) is 0 Å². The number of aryl methyl sites for hydroxylation is 1. The highest BCUT2D eigenvalue weighted by atomic mass is 79.9. The zero-order valence-corrected chi connectivity index (χ0v) is 12.5. The molecule has 0 atom stereocenters. The van der Waals surface area contributed by atoms with Gasteiger partial charge in [-0.2, -0.15) is 0 Å². The standard InChI is InChI=1S/C13H13BrClN3/c1-3-18(10-7-5-4-6-9(10)2)13-11(14)12(15)16-8-17-13/h4-8H,3H2,1-2H3. The van der Waals surface area contributed by atoms with E-state index in [1.165, 1.54) is 11.9 Å². The van der Waals surface area contributed by atoms with Crippen molar-refractivity contribution in [1.82, 2.24) is 9.97 Å². The van der Waals surface area contributed by atoms with E-state index < -0.39 is 0 Å². The molecule has 18 heavy (non-hydrogen) atoms. The molecule has 1 aromatic carbocycles. The topological polar surface area (TPSA) is 29.0 Å². The lowest BCUT2D eigenvalue weighted by atomic mass is 10.2. The Kier molecular flexibility index (Phi) is 4.19. The second-order valence-electron chi connectivity index (χ2n) is 3.83. The molecule has 0 N–H and O–H groups in total. The summed E-state index contributed by atoms with van der Waals surface area (Å²) in [6.45, 7) is 4.96. The van der Waals surface area contributed by atoms with E-state index in [2.05, 4.69) is 56.8 Å². The van der Waals surface area contributed by atoms with E-state index >= 15 is 0 Å². The fraction of sp³-hybridized carbons (Fsp3) is 0.231. The van der Waals surface area contributed by atoms with Gasteiger partial charge in [0.15, 0.2) is 5.82 Å². The Morgan fingerprint density at radius 1 is 1.28 bits per heavy atom. The van der Waals surface area contributed by atoms with Crippen molar-refractivity contribution in [1.29, 1.82) is 0 Å². The summed E-state index contributed by atoms with van der Waals surface area (Å²) in [5, 5.41) is 0.423. The summed E-state index contributed by atoms with van der Waals surface area (Å²) in [5.74, 6) is 0.784. The van der Waals surface area contributed by atoms with Crippen molar-refractivity contribution in [3.8, 4) is 0 Å². The molecule has 3 nitrogen and oxygen atoms in total. The third-order valence-electron chi connectivity index (χ3n) is 2.71. The van der Waals surface area contributed by atoms with Gasteiger partial charge in [0.1, 0.15) is 11.5 Å². The minimum Gasteiger partial charge on any atom is -0.325 e. The first-order valence-electron chi connectivity index (χ1n) is 5.64. The Balaban J connectivity index is 2.53. The highest BCUT2D eigenvalue weighted by molar-refractivity contribution is 9.10. The summed E-state index contributed by atoms with van der Waals surface area (Å²) in [4.78, 5) is 10.4.